The summed E-state index contributed by atoms with van der Waals surface area (Å²) in [6, 6.07) is -0.319. The van der Waals surface area contributed by atoms with E-state index in [9.17, 15) is 9.59 Å². The monoisotopic (exact) mass is 257 g/mol. The molecule has 0 aliphatic rings. The van der Waals surface area contributed by atoms with Crippen molar-refractivity contribution in [2.45, 2.75) is 19.5 Å². The van der Waals surface area contributed by atoms with E-state index in [1.165, 1.54) is 4.90 Å². The first kappa shape index (κ1) is 13.6. The molecular weight excluding hydrogens is 242 g/mol. The zero-order valence-corrected chi connectivity index (χ0v) is 10.7. The molecule has 94 valence electrons. The SMILES string of the molecule is CC(NCc1csc(C(=O)O)n1)C(=O)N(C)C. The van der Waals surface area contributed by atoms with Gasteiger partial charge in [0.2, 0.25) is 10.9 Å². The van der Waals surface area contributed by atoms with Crippen LogP contribution in [0.2, 0.25) is 0 Å². The number of aromatic nitrogens is 1. The van der Waals surface area contributed by atoms with E-state index in [-0.39, 0.29) is 17.0 Å². The Kier molecular flexibility index (Phi) is 4.59. The number of hydrogen-bond donors (Lipinski definition) is 2. The molecule has 0 bridgehead atoms. The highest BCUT2D eigenvalue weighted by molar-refractivity contribution is 7.11. The molecule has 7 heteroatoms. The van der Waals surface area contributed by atoms with E-state index >= 15 is 0 Å². The van der Waals surface area contributed by atoms with Crippen LogP contribution in [0.4, 0.5) is 0 Å². The first-order valence-electron chi connectivity index (χ1n) is 5.04. The Morgan fingerprint density at radius 1 is 1.59 bits per heavy atom. The largest absolute Gasteiger partial charge is 0.476 e. The summed E-state index contributed by atoms with van der Waals surface area (Å²) in [6.07, 6.45) is 0. The van der Waals surface area contributed by atoms with Crippen LogP contribution < -0.4 is 5.32 Å². The van der Waals surface area contributed by atoms with Crippen molar-refractivity contribution < 1.29 is 14.7 Å². The summed E-state index contributed by atoms with van der Waals surface area (Å²) >= 11 is 1.08. The lowest BCUT2D eigenvalue weighted by atomic mass is 10.3. The molecule has 2 N–H and O–H groups in total. The van der Waals surface area contributed by atoms with Crippen LogP contribution in [-0.4, -0.2) is 47.0 Å². The number of carbonyl (C=O) groups excluding carboxylic acids is 1. The standard InChI is InChI=1S/C10H15N3O3S/c1-6(9(14)13(2)3)11-4-7-5-17-8(12-7)10(15)16/h5-6,11H,4H2,1-3H3,(H,15,16). The minimum Gasteiger partial charge on any atom is -0.476 e. The Hall–Kier alpha value is -1.47. The van der Waals surface area contributed by atoms with Gasteiger partial charge >= 0.3 is 5.97 Å². The fourth-order valence-corrected chi connectivity index (χ4v) is 1.87. The second-order valence-corrected chi connectivity index (χ2v) is 4.64. The third-order valence-electron chi connectivity index (χ3n) is 2.14. The molecule has 6 nitrogen and oxygen atoms in total. The van der Waals surface area contributed by atoms with Crippen LogP contribution in [0.3, 0.4) is 0 Å². The molecule has 1 aromatic heterocycles. The fraction of sp³-hybridized carbons (Fsp3) is 0.500. The van der Waals surface area contributed by atoms with Crippen LogP contribution in [0.15, 0.2) is 5.38 Å². The second-order valence-electron chi connectivity index (χ2n) is 3.78. The number of aromatic carboxylic acids is 1. The van der Waals surface area contributed by atoms with Crippen molar-refractivity contribution in [2.24, 2.45) is 0 Å². The van der Waals surface area contributed by atoms with Gasteiger partial charge in [-0.15, -0.1) is 11.3 Å². The number of carboxylic acid groups (broad SMARTS) is 1. The fourth-order valence-electron chi connectivity index (χ4n) is 1.22. The van der Waals surface area contributed by atoms with E-state index in [1.54, 1.807) is 26.4 Å². The van der Waals surface area contributed by atoms with Crippen molar-refractivity contribution in [2.75, 3.05) is 14.1 Å². The third kappa shape index (κ3) is 3.79. The maximum Gasteiger partial charge on any atom is 0.365 e. The van der Waals surface area contributed by atoms with Crippen LogP contribution in [0.25, 0.3) is 0 Å². The van der Waals surface area contributed by atoms with Gasteiger partial charge in [-0.2, -0.15) is 0 Å². The molecule has 1 atom stereocenters. The highest BCUT2D eigenvalue weighted by Gasteiger charge is 2.15. The van der Waals surface area contributed by atoms with Crippen LogP contribution in [0.5, 0.6) is 0 Å². The summed E-state index contributed by atoms with van der Waals surface area (Å²) in [5.41, 5.74) is 0.630. The molecule has 0 aliphatic carbocycles. The summed E-state index contributed by atoms with van der Waals surface area (Å²) in [6.45, 7) is 2.14. The van der Waals surface area contributed by atoms with E-state index in [4.69, 9.17) is 5.11 Å². The minimum absolute atomic E-state index is 0.0290. The summed E-state index contributed by atoms with van der Waals surface area (Å²) < 4.78 is 0. The normalized spacial score (nSPS) is 12.2. The molecule has 1 aromatic rings. The highest BCUT2D eigenvalue weighted by atomic mass is 32.1. The van der Waals surface area contributed by atoms with Crippen molar-refractivity contribution >= 4 is 23.2 Å². The number of nitrogens with zero attached hydrogens (tertiary/aromatic N) is 2. The van der Waals surface area contributed by atoms with Crippen molar-refractivity contribution in [3.8, 4) is 0 Å². The van der Waals surface area contributed by atoms with Gasteiger partial charge in [0.25, 0.3) is 0 Å². The molecule has 1 heterocycles. The molecule has 0 saturated carbocycles. The predicted octanol–water partition coefficient (Wildman–Crippen LogP) is 0.408. The molecule has 1 unspecified atom stereocenters. The number of amides is 1. The van der Waals surface area contributed by atoms with Gasteiger partial charge < -0.3 is 15.3 Å². The molecule has 0 aliphatic heterocycles. The van der Waals surface area contributed by atoms with E-state index in [0.29, 0.717) is 12.2 Å². The molecule has 0 saturated heterocycles. The zero-order chi connectivity index (χ0) is 13.0. The molecule has 0 fully saturated rings. The van der Waals surface area contributed by atoms with E-state index < -0.39 is 5.97 Å². The van der Waals surface area contributed by atoms with Gasteiger partial charge in [0.15, 0.2) is 0 Å². The van der Waals surface area contributed by atoms with E-state index in [1.807, 2.05) is 0 Å². The number of rotatable bonds is 5. The van der Waals surface area contributed by atoms with Gasteiger partial charge in [0.1, 0.15) is 0 Å². The number of nitrogens with one attached hydrogen (secondary N) is 1. The van der Waals surface area contributed by atoms with Crippen LogP contribution in [0, 0.1) is 0 Å². The van der Waals surface area contributed by atoms with Crippen LogP contribution in [-0.2, 0) is 11.3 Å². The van der Waals surface area contributed by atoms with Crippen molar-refractivity contribution in [3.05, 3.63) is 16.1 Å². The number of carboxylic acids is 1. The quantitative estimate of drug-likeness (QED) is 0.798. The molecule has 17 heavy (non-hydrogen) atoms. The van der Waals surface area contributed by atoms with E-state index in [0.717, 1.165) is 11.3 Å². The van der Waals surface area contributed by atoms with Crippen molar-refractivity contribution in [1.29, 1.82) is 0 Å². The molecular formula is C10H15N3O3S. The first-order valence-corrected chi connectivity index (χ1v) is 5.92. The second kappa shape index (κ2) is 5.74. The van der Waals surface area contributed by atoms with Gasteiger partial charge in [-0.25, -0.2) is 9.78 Å². The Labute approximate surface area is 103 Å². The summed E-state index contributed by atoms with van der Waals surface area (Å²) in [5.74, 6) is -1.06. The number of thiazole rings is 1. The first-order chi connectivity index (χ1) is 7.91. The van der Waals surface area contributed by atoms with Crippen molar-refractivity contribution in [3.63, 3.8) is 0 Å². The smallest absolute Gasteiger partial charge is 0.365 e. The summed E-state index contributed by atoms with van der Waals surface area (Å²) in [5, 5.41) is 13.4. The Bertz CT molecular complexity index is 417. The topological polar surface area (TPSA) is 82.5 Å². The van der Waals surface area contributed by atoms with Gasteiger partial charge in [-0.3, -0.25) is 4.79 Å². The molecule has 1 amide bonds. The van der Waals surface area contributed by atoms with E-state index in [2.05, 4.69) is 10.3 Å². The van der Waals surface area contributed by atoms with Gasteiger partial charge in [0.05, 0.1) is 11.7 Å². The average Bonchev–Trinajstić information content (AvgIpc) is 2.73. The zero-order valence-electron chi connectivity index (χ0n) is 9.93. The lowest BCUT2D eigenvalue weighted by Gasteiger charge is -2.17. The highest BCUT2D eigenvalue weighted by Crippen LogP contribution is 2.09. The van der Waals surface area contributed by atoms with Crippen LogP contribution in [0.1, 0.15) is 22.4 Å². The number of likely N-dealkylation sites (N-methyl/N-ethyl adjacent to an activating group) is 1. The maximum absolute atomic E-state index is 11.5. The van der Waals surface area contributed by atoms with Gasteiger partial charge in [-0.1, -0.05) is 0 Å². The third-order valence-corrected chi connectivity index (χ3v) is 3.01. The molecule has 0 radical (unpaired) electrons. The van der Waals surface area contributed by atoms with Gasteiger partial charge in [-0.05, 0) is 6.92 Å². The lowest BCUT2D eigenvalue weighted by molar-refractivity contribution is -0.130. The molecule has 0 spiro atoms. The molecule has 1 rings (SSSR count). The lowest BCUT2D eigenvalue weighted by Crippen LogP contribution is -2.41. The Morgan fingerprint density at radius 3 is 2.71 bits per heavy atom. The molecule has 0 aromatic carbocycles. The Balaban J connectivity index is 2.50. The minimum atomic E-state index is -1.03. The predicted molar refractivity (Wildman–Crippen MR) is 64.1 cm³/mol. The van der Waals surface area contributed by atoms with Crippen molar-refractivity contribution in [1.82, 2.24) is 15.2 Å². The Morgan fingerprint density at radius 2 is 2.24 bits per heavy atom. The van der Waals surface area contributed by atoms with Gasteiger partial charge in [0, 0.05) is 26.0 Å². The summed E-state index contributed by atoms with van der Waals surface area (Å²) in [7, 11) is 3.37. The number of carbonyl (C=O) groups is 2. The maximum atomic E-state index is 11.5. The number of hydrogen-bond acceptors (Lipinski definition) is 5. The van der Waals surface area contributed by atoms with Crippen LogP contribution >= 0.6 is 11.3 Å². The summed E-state index contributed by atoms with van der Waals surface area (Å²) in [4.78, 5) is 27.6. The average molecular weight is 257 g/mol.